The van der Waals surface area contributed by atoms with Gasteiger partial charge >= 0.3 is 0 Å². The van der Waals surface area contributed by atoms with Crippen molar-refractivity contribution in [2.75, 3.05) is 12.9 Å². The lowest BCUT2D eigenvalue weighted by Crippen LogP contribution is -2.28. The normalized spacial score (nSPS) is 11.8. The number of carbonyl (C=O) groups excluding carboxylic acids is 1. The minimum absolute atomic E-state index is 0.200. The molecule has 1 aromatic heterocycles. The highest BCUT2D eigenvalue weighted by molar-refractivity contribution is 7.85. The predicted molar refractivity (Wildman–Crippen MR) is 105 cm³/mol. The first-order chi connectivity index (χ1) is 13.5. The molecule has 0 saturated heterocycles. The Bertz CT molecular complexity index is 985. The van der Waals surface area contributed by atoms with Crippen molar-refractivity contribution in [3.05, 3.63) is 66.1 Å². The summed E-state index contributed by atoms with van der Waals surface area (Å²) in [5.41, 5.74) is 2.46. The summed E-state index contributed by atoms with van der Waals surface area (Å²) in [5.74, 6) is -0.156. The van der Waals surface area contributed by atoms with Crippen LogP contribution in [0.15, 0.2) is 59.9 Å². The van der Waals surface area contributed by atoms with Gasteiger partial charge in [-0.1, -0.05) is 12.1 Å². The van der Waals surface area contributed by atoms with Crippen LogP contribution < -0.4 is 10.1 Å². The van der Waals surface area contributed by atoms with E-state index in [9.17, 15) is 13.4 Å². The second-order valence-electron chi connectivity index (χ2n) is 6.11. The van der Waals surface area contributed by atoms with Crippen molar-refractivity contribution < 1.29 is 18.1 Å². The van der Waals surface area contributed by atoms with Crippen LogP contribution >= 0.6 is 0 Å². The Balaban J connectivity index is 1.63. The van der Waals surface area contributed by atoms with Crippen molar-refractivity contribution in [3.8, 4) is 17.0 Å². The Morgan fingerprint density at radius 1 is 1.18 bits per heavy atom. The van der Waals surface area contributed by atoms with E-state index in [1.165, 1.54) is 12.1 Å². The molecular formula is C20H20FN3O3S. The second-order valence-corrected chi connectivity index (χ2v) is 7.45. The highest BCUT2D eigenvalue weighted by Crippen LogP contribution is 2.23. The molecule has 0 spiro atoms. The fourth-order valence-corrected chi connectivity index (χ4v) is 3.72. The quantitative estimate of drug-likeness (QED) is 0.661. The largest absolute Gasteiger partial charge is 0.497 e. The molecule has 0 aliphatic heterocycles. The standard InChI is InChI=1S/C20H20FN3O3S/c1-24-18(15-5-9-17(27-2)10-6-15)12-23-20(24)28(26)13-19(25)22-11-14-3-7-16(21)8-4-14/h3-10,12H,11,13H2,1-2H3,(H,22,25). The van der Waals surface area contributed by atoms with Crippen LogP contribution in [0.3, 0.4) is 0 Å². The number of aromatic nitrogens is 2. The summed E-state index contributed by atoms with van der Waals surface area (Å²) in [6.45, 7) is 0.244. The zero-order valence-corrected chi connectivity index (χ0v) is 16.3. The van der Waals surface area contributed by atoms with Crippen LogP contribution in [0.25, 0.3) is 11.3 Å². The van der Waals surface area contributed by atoms with Gasteiger partial charge in [-0.2, -0.15) is 0 Å². The molecule has 0 saturated carbocycles. The van der Waals surface area contributed by atoms with E-state index >= 15 is 0 Å². The van der Waals surface area contributed by atoms with Crippen molar-refractivity contribution in [1.29, 1.82) is 0 Å². The number of benzene rings is 2. The lowest BCUT2D eigenvalue weighted by atomic mass is 10.1. The molecular weight excluding hydrogens is 381 g/mol. The van der Waals surface area contributed by atoms with Crippen LogP contribution in [0.1, 0.15) is 5.56 Å². The first kappa shape index (κ1) is 19.8. The average molecular weight is 401 g/mol. The number of hydrogen-bond donors (Lipinski definition) is 1. The number of hydrogen-bond acceptors (Lipinski definition) is 4. The maximum Gasteiger partial charge on any atom is 0.233 e. The summed E-state index contributed by atoms with van der Waals surface area (Å²) >= 11 is 0. The van der Waals surface area contributed by atoms with Crippen molar-refractivity contribution in [2.45, 2.75) is 11.7 Å². The molecule has 6 nitrogen and oxygen atoms in total. The zero-order chi connectivity index (χ0) is 20.1. The summed E-state index contributed by atoms with van der Waals surface area (Å²) in [6, 6.07) is 13.3. The van der Waals surface area contributed by atoms with Gasteiger partial charge < -0.3 is 14.6 Å². The molecule has 1 N–H and O–H groups in total. The van der Waals surface area contributed by atoms with E-state index in [-0.39, 0.29) is 24.0 Å². The predicted octanol–water partition coefficient (Wildman–Crippen LogP) is 2.66. The third-order valence-electron chi connectivity index (χ3n) is 4.20. The zero-order valence-electron chi connectivity index (χ0n) is 15.5. The Morgan fingerprint density at radius 2 is 1.86 bits per heavy atom. The number of nitrogens with zero attached hydrogens (tertiary/aromatic N) is 2. The minimum atomic E-state index is -1.59. The van der Waals surface area contributed by atoms with Crippen LogP contribution in [0.2, 0.25) is 0 Å². The van der Waals surface area contributed by atoms with Gasteiger partial charge in [-0.15, -0.1) is 0 Å². The maximum atomic E-state index is 12.9. The number of carbonyl (C=O) groups is 1. The van der Waals surface area contributed by atoms with E-state index < -0.39 is 10.8 Å². The van der Waals surface area contributed by atoms with E-state index in [0.717, 1.165) is 22.6 Å². The molecule has 1 atom stereocenters. The number of halogens is 1. The van der Waals surface area contributed by atoms with Crippen LogP contribution in [0, 0.1) is 5.82 Å². The summed E-state index contributed by atoms with van der Waals surface area (Å²) < 4.78 is 32.3. The van der Waals surface area contributed by atoms with Gasteiger partial charge in [-0.25, -0.2) is 9.37 Å². The topological polar surface area (TPSA) is 73.2 Å². The second kappa shape index (κ2) is 8.79. The minimum Gasteiger partial charge on any atom is -0.497 e. The molecule has 1 unspecified atom stereocenters. The fourth-order valence-electron chi connectivity index (χ4n) is 2.67. The molecule has 0 aliphatic rings. The van der Waals surface area contributed by atoms with Crippen LogP contribution in [0.4, 0.5) is 4.39 Å². The lowest BCUT2D eigenvalue weighted by Gasteiger charge is -2.08. The van der Waals surface area contributed by atoms with Gasteiger partial charge in [0.05, 0.1) is 29.8 Å². The third kappa shape index (κ3) is 4.64. The molecule has 1 amide bonds. The van der Waals surface area contributed by atoms with Crippen LogP contribution in [-0.4, -0.2) is 32.5 Å². The molecule has 0 fully saturated rings. The van der Waals surface area contributed by atoms with Crippen molar-refractivity contribution >= 4 is 16.7 Å². The van der Waals surface area contributed by atoms with Gasteiger partial charge in [-0.05, 0) is 42.0 Å². The van der Waals surface area contributed by atoms with Gasteiger partial charge in [0, 0.05) is 19.2 Å². The molecule has 146 valence electrons. The molecule has 3 rings (SSSR count). The van der Waals surface area contributed by atoms with Crippen LogP contribution in [-0.2, 0) is 29.2 Å². The van der Waals surface area contributed by atoms with E-state index in [2.05, 4.69) is 10.3 Å². The fraction of sp³-hybridized carbons (Fsp3) is 0.200. The maximum absolute atomic E-state index is 12.9. The van der Waals surface area contributed by atoms with E-state index in [4.69, 9.17) is 4.74 Å². The number of methoxy groups -OCH3 is 1. The summed E-state index contributed by atoms with van der Waals surface area (Å²) in [7, 11) is 1.77. The number of nitrogens with one attached hydrogen (secondary N) is 1. The molecule has 0 bridgehead atoms. The molecule has 28 heavy (non-hydrogen) atoms. The van der Waals surface area contributed by atoms with Gasteiger partial charge in [0.15, 0.2) is 5.16 Å². The summed E-state index contributed by atoms with van der Waals surface area (Å²) in [6.07, 6.45) is 1.63. The lowest BCUT2D eigenvalue weighted by molar-refractivity contribution is -0.118. The number of amides is 1. The molecule has 2 aromatic carbocycles. The highest BCUT2D eigenvalue weighted by atomic mass is 32.2. The van der Waals surface area contributed by atoms with Gasteiger partial charge in [-0.3, -0.25) is 9.00 Å². The number of rotatable bonds is 7. The SMILES string of the molecule is COc1ccc(-c2cnc(S(=O)CC(=O)NCc3ccc(F)cc3)n2C)cc1. The smallest absolute Gasteiger partial charge is 0.233 e. The Kier molecular flexibility index (Phi) is 6.20. The number of imidazole rings is 1. The third-order valence-corrected chi connectivity index (χ3v) is 5.51. The Hall–Kier alpha value is -3.00. The summed E-state index contributed by atoms with van der Waals surface area (Å²) in [4.78, 5) is 16.3. The monoisotopic (exact) mass is 401 g/mol. The Labute approximate surface area is 164 Å². The van der Waals surface area contributed by atoms with Crippen LogP contribution in [0.5, 0.6) is 5.75 Å². The van der Waals surface area contributed by atoms with E-state index in [0.29, 0.717) is 5.16 Å². The average Bonchev–Trinajstić information content (AvgIpc) is 3.09. The molecule has 3 aromatic rings. The van der Waals surface area contributed by atoms with E-state index in [1.807, 2.05) is 24.3 Å². The molecule has 1 heterocycles. The Morgan fingerprint density at radius 3 is 2.50 bits per heavy atom. The van der Waals surface area contributed by atoms with Gasteiger partial charge in [0.2, 0.25) is 5.91 Å². The first-order valence-electron chi connectivity index (χ1n) is 8.53. The van der Waals surface area contributed by atoms with Crippen molar-refractivity contribution in [3.63, 3.8) is 0 Å². The van der Waals surface area contributed by atoms with Crippen molar-refractivity contribution in [1.82, 2.24) is 14.9 Å². The number of ether oxygens (including phenoxy) is 1. The van der Waals surface area contributed by atoms with Gasteiger partial charge in [0.25, 0.3) is 0 Å². The molecule has 0 radical (unpaired) electrons. The van der Waals surface area contributed by atoms with E-state index in [1.54, 1.807) is 37.1 Å². The molecule has 8 heteroatoms. The highest BCUT2D eigenvalue weighted by Gasteiger charge is 2.17. The summed E-state index contributed by atoms with van der Waals surface area (Å²) in [5, 5.41) is 3.01. The molecule has 0 aliphatic carbocycles. The first-order valence-corrected chi connectivity index (χ1v) is 9.85. The van der Waals surface area contributed by atoms with Crippen molar-refractivity contribution in [2.24, 2.45) is 7.05 Å². The van der Waals surface area contributed by atoms with Gasteiger partial charge in [0.1, 0.15) is 17.3 Å².